The van der Waals surface area contributed by atoms with Crippen LogP contribution in [0.3, 0.4) is 0 Å². The van der Waals surface area contributed by atoms with E-state index in [1.807, 2.05) is 0 Å². The summed E-state index contributed by atoms with van der Waals surface area (Å²) in [6, 6.07) is 1.56. The molecule has 2 heterocycles. The molecule has 2 aromatic heterocycles. The van der Waals surface area contributed by atoms with Crippen LogP contribution in [-0.4, -0.2) is 21.1 Å². The number of aromatic nitrogens is 3. The minimum Gasteiger partial charge on any atom is -0.408 e. The minimum absolute atomic E-state index is 0.0345. The number of pyridine rings is 1. The largest absolute Gasteiger partial charge is 0.408 e. The lowest BCUT2D eigenvalue weighted by Crippen LogP contribution is -2.17. The van der Waals surface area contributed by atoms with Crippen LogP contribution in [0, 0.1) is 6.92 Å². The minimum atomic E-state index is -0.413. The van der Waals surface area contributed by atoms with Crippen molar-refractivity contribution in [2.45, 2.75) is 6.92 Å². The number of amides is 1. The second-order valence-electron chi connectivity index (χ2n) is 3.15. The Morgan fingerprint density at radius 3 is 2.94 bits per heavy atom. The number of carbonyl (C=O) groups excluding carboxylic acids is 1. The van der Waals surface area contributed by atoms with Crippen molar-refractivity contribution >= 4 is 17.6 Å². The molecule has 8 nitrogen and oxygen atoms in total. The summed E-state index contributed by atoms with van der Waals surface area (Å²) in [6.07, 6.45) is 2.92. The van der Waals surface area contributed by atoms with Gasteiger partial charge in [0.2, 0.25) is 5.89 Å². The highest BCUT2D eigenvalue weighted by Crippen LogP contribution is 2.14. The molecule has 0 saturated heterocycles. The first-order valence-corrected chi connectivity index (χ1v) is 4.73. The lowest BCUT2D eigenvalue weighted by molar-refractivity contribution is 0.102. The van der Waals surface area contributed by atoms with Crippen molar-refractivity contribution in [3.63, 3.8) is 0 Å². The van der Waals surface area contributed by atoms with Crippen molar-refractivity contribution < 1.29 is 9.21 Å². The van der Waals surface area contributed by atoms with Crippen LogP contribution in [0.2, 0.25) is 0 Å². The monoisotopic (exact) mass is 234 g/mol. The van der Waals surface area contributed by atoms with E-state index >= 15 is 0 Å². The molecule has 2 rings (SSSR count). The highest BCUT2D eigenvalue weighted by molar-refractivity contribution is 6.06. The molecular weight excluding hydrogens is 224 g/mol. The van der Waals surface area contributed by atoms with Gasteiger partial charge in [-0.1, -0.05) is 5.10 Å². The second-order valence-corrected chi connectivity index (χ2v) is 3.15. The van der Waals surface area contributed by atoms with Crippen molar-refractivity contribution in [1.82, 2.24) is 15.2 Å². The summed E-state index contributed by atoms with van der Waals surface area (Å²) >= 11 is 0. The van der Waals surface area contributed by atoms with E-state index in [1.54, 1.807) is 6.92 Å². The van der Waals surface area contributed by atoms with Crippen LogP contribution in [0.5, 0.6) is 0 Å². The third-order valence-electron chi connectivity index (χ3n) is 1.97. The standard InChI is InChI=1S/C9H10N6O2/c1-5-14-15-9(17-5)12-8(16)6-2-3-11-4-7(6)13-10/h2-4,13H,10H2,1H3,(H,12,15,16). The Morgan fingerprint density at radius 2 is 2.29 bits per heavy atom. The van der Waals surface area contributed by atoms with Crippen LogP contribution >= 0.6 is 0 Å². The van der Waals surface area contributed by atoms with Crippen molar-refractivity contribution in [2.24, 2.45) is 5.84 Å². The number of nitrogen functional groups attached to an aromatic ring is 1. The van der Waals surface area contributed by atoms with Gasteiger partial charge in [-0.15, -0.1) is 5.10 Å². The third-order valence-corrected chi connectivity index (χ3v) is 1.97. The lowest BCUT2D eigenvalue weighted by Gasteiger charge is -2.06. The zero-order valence-corrected chi connectivity index (χ0v) is 8.97. The van der Waals surface area contributed by atoms with E-state index in [4.69, 9.17) is 10.3 Å². The molecule has 0 fully saturated rings. The quantitative estimate of drug-likeness (QED) is 0.516. The number of nitrogens with two attached hydrogens (primary N) is 1. The molecule has 0 aliphatic heterocycles. The summed E-state index contributed by atoms with van der Waals surface area (Å²) in [7, 11) is 0. The molecule has 0 spiro atoms. The zero-order chi connectivity index (χ0) is 12.3. The van der Waals surface area contributed by atoms with Gasteiger partial charge in [-0.25, -0.2) is 0 Å². The van der Waals surface area contributed by atoms with Crippen molar-refractivity contribution in [2.75, 3.05) is 10.7 Å². The first-order valence-electron chi connectivity index (χ1n) is 4.73. The molecule has 4 N–H and O–H groups in total. The van der Waals surface area contributed by atoms with Crippen molar-refractivity contribution in [3.8, 4) is 0 Å². The fourth-order valence-electron chi connectivity index (χ4n) is 1.22. The molecule has 0 aromatic carbocycles. The second kappa shape index (κ2) is 4.58. The molecule has 0 atom stereocenters. The van der Waals surface area contributed by atoms with E-state index in [9.17, 15) is 4.79 Å². The predicted molar refractivity (Wildman–Crippen MR) is 59.0 cm³/mol. The Labute approximate surface area is 96.2 Å². The molecule has 0 aliphatic carbocycles. The van der Waals surface area contributed by atoms with Crippen LogP contribution in [0.15, 0.2) is 22.9 Å². The van der Waals surface area contributed by atoms with Gasteiger partial charge in [0.25, 0.3) is 5.91 Å². The normalized spacial score (nSPS) is 10.0. The van der Waals surface area contributed by atoms with Gasteiger partial charge < -0.3 is 9.84 Å². The Bertz CT molecular complexity index is 538. The summed E-state index contributed by atoms with van der Waals surface area (Å²) in [4.78, 5) is 15.7. The van der Waals surface area contributed by atoms with E-state index in [1.165, 1.54) is 18.5 Å². The maximum Gasteiger partial charge on any atom is 0.322 e. The van der Waals surface area contributed by atoms with E-state index < -0.39 is 5.91 Å². The van der Waals surface area contributed by atoms with Gasteiger partial charge >= 0.3 is 6.01 Å². The maximum absolute atomic E-state index is 11.8. The molecule has 8 heteroatoms. The highest BCUT2D eigenvalue weighted by atomic mass is 16.4. The molecule has 0 saturated carbocycles. The maximum atomic E-state index is 11.8. The predicted octanol–water partition coefficient (Wildman–Crippen LogP) is 0.311. The first-order chi connectivity index (χ1) is 8.20. The molecule has 0 aliphatic rings. The summed E-state index contributed by atoms with van der Waals surface area (Å²) in [6.45, 7) is 1.63. The SMILES string of the molecule is Cc1nnc(NC(=O)c2ccncc2NN)o1. The Balaban J connectivity index is 2.20. The molecule has 17 heavy (non-hydrogen) atoms. The summed E-state index contributed by atoms with van der Waals surface area (Å²) in [5.41, 5.74) is 3.11. The van der Waals surface area contributed by atoms with Gasteiger partial charge in [0, 0.05) is 13.1 Å². The molecule has 1 amide bonds. The number of aryl methyl sites for hydroxylation is 1. The van der Waals surface area contributed by atoms with Crippen molar-refractivity contribution in [1.29, 1.82) is 0 Å². The fourth-order valence-corrected chi connectivity index (χ4v) is 1.22. The Kier molecular flexibility index (Phi) is 2.97. The Hall–Kier alpha value is -2.48. The van der Waals surface area contributed by atoms with Crippen LogP contribution in [0.25, 0.3) is 0 Å². The number of hydrogen-bond donors (Lipinski definition) is 3. The summed E-state index contributed by atoms with van der Waals surface area (Å²) in [5.74, 6) is 5.22. The zero-order valence-electron chi connectivity index (χ0n) is 8.97. The molecule has 0 bridgehead atoms. The molecule has 88 valence electrons. The van der Waals surface area contributed by atoms with Crippen LogP contribution in [0.1, 0.15) is 16.2 Å². The number of nitrogens with zero attached hydrogens (tertiary/aromatic N) is 3. The molecule has 0 unspecified atom stereocenters. The van der Waals surface area contributed by atoms with Gasteiger partial charge in [-0.3, -0.25) is 20.9 Å². The van der Waals surface area contributed by atoms with E-state index in [-0.39, 0.29) is 6.01 Å². The number of carbonyl (C=O) groups is 1. The topological polar surface area (TPSA) is 119 Å². The number of rotatable bonds is 3. The Morgan fingerprint density at radius 1 is 1.47 bits per heavy atom. The van der Waals surface area contributed by atoms with Gasteiger partial charge in [-0.2, -0.15) is 0 Å². The highest BCUT2D eigenvalue weighted by Gasteiger charge is 2.13. The van der Waals surface area contributed by atoms with Gasteiger partial charge in [0.15, 0.2) is 0 Å². The van der Waals surface area contributed by atoms with Crippen molar-refractivity contribution in [3.05, 3.63) is 29.9 Å². The number of anilines is 2. The smallest absolute Gasteiger partial charge is 0.322 e. The molecular formula is C9H10N6O2. The van der Waals surface area contributed by atoms with Gasteiger partial charge in [0.1, 0.15) is 0 Å². The van der Waals surface area contributed by atoms with Crippen LogP contribution in [0.4, 0.5) is 11.7 Å². The van der Waals surface area contributed by atoms with E-state index in [2.05, 4.69) is 25.9 Å². The van der Waals surface area contributed by atoms with Gasteiger partial charge in [0.05, 0.1) is 17.4 Å². The third kappa shape index (κ3) is 2.37. The average Bonchev–Trinajstić information content (AvgIpc) is 2.74. The first kappa shape index (κ1) is 11.0. The van der Waals surface area contributed by atoms with E-state index in [0.29, 0.717) is 17.1 Å². The number of hydrogen-bond acceptors (Lipinski definition) is 7. The average molecular weight is 234 g/mol. The van der Waals surface area contributed by atoms with Gasteiger partial charge in [-0.05, 0) is 6.07 Å². The van der Waals surface area contributed by atoms with Crippen LogP contribution < -0.4 is 16.6 Å². The van der Waals surface area contributed by atoms with Crippen LogP contribution in [-0.2, 0) is 0 Å². The molecule has 2 aromatic rings. The number of hydrazine groups is 1. The fraction of sp³-hybridized carbons (Fsp3) is 0.111. The summed E-state index contributed by atoms with van der Waals surface area (Å²) in [5, 5.41) is 9.69. The molecule has 0 radical (unpaired) electrons. The van der Waals surface area contributed by atoms with E-state index in [0.717, 1.165) is 0 Å². The lowest BCUT2D eigenvalue weighted by atomic mass is 10.2. The summed E-state index contributed by atoms with van der Waals surface area (Å²) < 4.78 is 5.03. The number of nitrogens with one attached hydrogen (secondary N) is 2.